The average molecular weight is 379 g/mol. The summed E-state index contributed by atoms with van der Waals surface area (Å²) in [7, 11) is 1.59. The van der Waals surface area contributed by atoms with Crippen molar-refractivity contribution < 1.29 is 13.9 Å². The van der Waals surface area contributed by atoms with Crippen LogP contribution in [0.1, 0.15) is 11.1 Å². The van der Waals surface area contributed by atoms with Crippen molar-refractivity contribution in [1.82, 2.24) is 14.6 Å². The summed E-state index contributed by atoms with van der Waals surface area (Å²) >= 11 is 0. The number of benzene rings is 1. The number of aromatic nitrogens is 2. The molecule has 3 heterocycles. The molecule has 9 nitrogen and oxygen atoms in total. The Morgan fingerprint density at radius 3 is 2.75 bits per heavy atom. The maximum Gasteiger partial charge on any atom is 0.275 e. The average Bonchev–Trinajstić information content (AvgIpc) is 3.31. The molecule has 0 saturated heterocycles. The lowest BCUT2D eigenvalue weighted by Gasteiger charge is -2.27. The van der Waals surface area contributed by atoms with E-state index in [0.717, 1.165) is 5.56 Å². The summed E-state index contributed by atoms with van der Waals surface area (Å²) in [5.41, 5.74) is 13.5. The summed E-state index contributed by atoms with van der Waals surface area (Å²) < 4.78 is 10.8. The number of quaternary nitrogens is 1. The van der Waals surface area contributed by atoms with Gasteiger partial charge in [-0.2, -0.15) is 4.98 Å². The number of fused-ring (bicyclic) bond motifs is 1. The first-order valence-corrected chi connectivity index (χ1v) is 8.57. The number of carbonyl (C=O) groups excluding carboxylic acids is 1. The Morgan fingerprint density at radius 1 is 1.21 bits per heavy atom. The molecule has 4 N–H and O–H groups in total. The molecule has 0 spiro atoms. The molecule has 0 bridgehead atoms. The number of carbonyl (C=O) groups is 1. The van der Waals surface area contributed by atoms with Crippen molar-refractivity contribution in [3.63, 3.8) is 0 Å². The van der Waals surface area contributed by atoms with Gasteiger partial charge in [0.05, 0.1) is 18.9 Å². The van der Waals surface area contributed by atoms with Gasteiger partial charge in [-0.3, -0.25) is 4.79 Å². The smallest absolute Gasteiger partial charge is 0.275 e. The Bertz CT molecular complexity index is 1060. The zero-order valence-corrected chi connectivity index (χ0v) is 15.2. The summed E-state index contributed by atoms with van der Waals surface area (Å²) in [5.74, 6) is 1.25. The second kappa shape index (κ2) is 6.78. The van der Waals surface area contributed by atoms with E-state index in [1.165, 1.54) is 0 Å². The van der Waals surface area contributed by atoms with Crippen LogP contribution >= 0.6 is 0 Å². The quantitative estimate of drug-likeness (QED) is 0.627. The van der Waals surface area contributed by atoms with E-state index in [-0.39, 0.29) is 17.1 Å². The molecule has 1 aromatic carbocycles. The SMILES string of the molecule is COc1ccccc1C[N+]1(CC(N)=O)N=Cc2c(-c3ccco3)nc(N)nc21. The lowest BCUT2D eigenvalue weighted by molar-refractivity contribution is -0.119. The van der Waals surface area contributed by atoms with Gasteiger partial charge in [0.25, 0.3) is 11.7 Å². The zero-order chi connectivity index (χ0) is 19.7. The highest BCUT2D eigenvalue weighted by atomic mass is 16.5. The summed E-state index contributed by atoms with van der Waals surface area (Å²) in [6.45, 7) is 0.222. The van der Waals surface area contributed by atoms with Gasteiger partial charge in [-0.05, 0) is 24.3 Å². The molecule has 0 saturated carbocycles. The standard InChI is InChI=1S/C19H18N6O3/c1-27-14-6-3-2-5-12(14)10-25(11-16(20)26)18-13(9-22-25)17(23-19(21)24-18)15-7-4-8-28-15/h2-9H,10-11H2,1H3,(H3-,20,21,22,23,24,26)/p+1. The minimum absolute atomic E-state index is 0.0580. The number of nitrogen functional groups attached to an aromatic ring is 1. The molecular weight excluding hydrogens is 360 g/mol. The molecular formula is C19H19N6O3+. The summed E-state index contributed by atoms with van der Waals surface area (Å²) in [4.78, 5) is 20.6. The van der Waals surface area contributed by atoms with Crippen LogP contribution in [0.25, 0.3) is 11.5 Å². The van der Waals surface area contributed by atoms with Crippen LogP contribution in [0.4, 0.5) is 11.8 Å². The van der Waals surface area contributed by atoms with Crippen molar-refractivity contribution in [3.8, 4) is 17.2 Å². The molecule has 28 heavy (non-hydrogen) atoms. The maximum absolute atomic E-state index is 11.9. The fraction of sp³-hybridized carbons (Fsp3) is 0.158. The zero-order valence-electron chi connectivity index (χ0n) is 15.2. The lowest BCUT2D eigenvalue weighted by Crippen LogP contribution is -2.48. The first-order valence-electron chi connectivity index (χ1n) is 8.57. The van der Waals surface area contributed by atoms with E-state index >= 15 is 0 Å². The van der Waals surface area contributed by atoms with Crippen molar-refractivity contribution >= 4 is 23.9 Å². The number of rotatable bonds is 6. The summed E-state index contributed by atoms with van der Waals surface area (Å²) in [6.07, 6.45) is 3.18. The Labute approximate surface area is 160 Å². The van der Waals surface area contributed by atoms with Crippen LogP contribution < -0.4 is 20.8 Å². The Morgan fingerprint density at radius 2 is 2.04 bits per heavy atom. The van der Waals surface area contributed by atoms with Gasteiger partial charge in [-0.15, -0.1) is 4.59 Å². The number of amides is 1. The van der Waals surface area contributed by atoms with Crippen molar-refractivity contribution in [2.24, 2.45) is 10.8 Å². The highest BCUT2D eigenvalue weighted by Gasteiger charge is 2.43. The normalized spacial score (nSPS) is 17.5. The molecule has 1 aliphatic rings. The first kappa shape index (κ1) is 17.7. The van der Waals surface area contributed by atoms with Crippen LogP contribution in [0.5, 0.6) is 5.75 Å². The fourth-order valence-electron chi connectivity index (χ4n) is 3.40. The Hall–Kier alpha value is -3.72. The molecule has 9 heteroatoms. The molecule has 3 aromatic rings. The third-order valence-corrected chi connectivity index (χ3v) is 4.54. The second-order valence-corrected chi connectivity index (χ2v) is 6.41. The largest absolute Gasteiger partial charge is 0.496 e. The number of primary amides is 1. The van der Waals surface area contributed by atoms with Gasteiger partial charge in [-0.25, -0.2) is 4.98 Å². The van der Waals surface area contributed by atoms with Crippen LogP contribution in [0.3, 0.4) is 0 Å². The topological polar surface area (TPSA) is 130 Å². The van der Waals surface area contributed by atoms with Gasteiger partial charge in [-0.1, -0.05) is 17.2 Å². The Balaban J connectivity index is 1.88. The minimum atomic E-state index is -0.517. The van der Waals surface area contributed by atoms with Gasteiger partial charge < -0.3 is 20.6 Å². The molecule has 4 rings (SSSR count). The number of para-hydroxylation sites is 1. The number of hydrogen-bond donors (Lipinski definition) is 2. The van der Waals surface area contributed by atoms with E-state index in [1.807, 2.05) is 24.3 Å². The van der Waals surface area contributed by atoms with Crippen LogP contribution in [0.15, 0.2) is 52.2 Å². The molecule has 1 amide bonds. The molecule has 0 fully saturated rings. The predicted molar refractivity (Wildman–Crippen MR) is 104 cm³/mol. The van der Waals surface area contributed by atoms with Gasteiger partial charge in [0, 0.05) is 0 Å². The van der Waals surface area contributed by atoms with Gasteiger partial charge in [0.1, 0.15) is 29.8 Å². The van der Waals surface area contributed by atoms with Gasteiger partial charge in [0.2, 0.25) is 5.95 Å². The van der Waals surface area contributed by atoms with Crippen molar-refractivity contribution in [2.75, 3.05) is 19.4 Å². The number of furan rings is 1. The summed E-state index contributed by atoms with van der Waals surface area (Å²) in [5, 5.41) is 4.61. The molecule has 0 radical (unpaired) electrons. The van der Waals surface area contributed by atoms with Crippen LogP contribution in [-0.4, -0.2) is 35.7 Å². The van der Waals surface area contributed by atoms with E-state index in [4.69, 9.17) is 20.6 Å². The predicted octanol–water partition coefficient (Wildman–Crippen LogP) is 1.67. The van der Waals surface area contributed by atoms with Gasteiger partial charge in [0.15, 0.2) is 12.3 Å². The monoisotopic (exact) mass is 379 g/mol. The van der Waals surface area contributed by atoms with E-state index in [1.54, 1.807) is 31.7 Å². The Kier molecular flexibility index (Phi) is 4.28. The summed E-state index contributed by atoms with van der Waals surface area (Å²) in [6, 6.07) is 11.0. The van der Waals surface area contributed by atoms with E-state index in [0.29, 0.717) is 35.1 Å². The van der Waals surface area contributed by atoms with Crippen molar-refractivity contribution in [1.29, 1.82) is 0 Å². The number of anilines is 1. The molecule has 142 valence electrons. The number of ether oxygens (including phenoxy) is 1. The second-order valence-electron chi connectivity index (χ2n) is 6.41. The van der Waals surface area contributed by atoms with Crippen molar-refractivity contribution in [3.05, 3.63) is 53.8 Å². The molecule has 1 unspecified atom stereocenters. The molecule has 2 aromatic heterocycles. The molecule has 1 atom stereocenters. The first-order chi connectivity index (χ1) is 13.5. The lowest BCUT2D eigenvalue weighted by atomic mass is 10.1. The third kappa shape index (κ3) is 2.97. The number of hydrogen-bond acceptors (Lipinski definition) is 7. The number of nitrogens with zero attached hydrogens (tertiary/aromatic N) is 4. The minimum Gasteiger partial charge on any atom is -0.496 e. The van der Waals surface area contributed by atoms with Crippen LogP contribution in [-0.2, 0) is 11.3 Å². The fourth-order valence-corrected chi connectivity index (χ4v) is 3.40. The number of nitrogens with two attached hydrogens (primary N) is 2. The highest BCUT2D eigenvalue weighted by molar-refractivity contribution is 5.97. The van der Waals surface area contributed by atoms with Crippen LogP contribution in [0, 0.1) is 0 Å². The maximum atomic E-state index is 11.9. The van der Waals surface area contributed by atoms with E-state index in [2.05, 4.69) is 15.1 Å². The number of methoxy groups -OCH3 is 1. The van der Waals surface area contributed by atoms with Crippen molar-refractivity contribution in [2.45, 2.75) is 6.54 Å². The van der Waals surface area contributed by atoms with Gasteiger partial charge >= 0.3 is 0 Å². The molecule has 1 aliphatic heterocycles. The third-order valence-electron chi connectivity index (χ3n) is 4.54. The van der Waals surface area contributed by atoms with Crippen LogP contribution in [0.2, 0.25) is 0 Å². The van der Waals surface area contributed by atoms with E-state index in [9.17, 15) is 4.79 Å². The van der Waals surface area contributed by atoms with E-state index < -0.39 is 5.91 Å². The highest BCUT2D eigenvalue weighted by Crippen LogP contribution is 2.38. The molecule has 0 aliphatic carbocycles.